The highest BCUT2D eigenvalue weighted by molar-refractivity contribution is 8.13. The van der Waals surface area contributed by atoms with Gasteiger partial charge in [0.15, 0.2) is 0 Å². The summed E-state index contributed by atoms with van der Waals surface area (Å²) >= 11 is 0.606. The first-order valence-corrected chi connectivity index (χ1v) is 4.41. The number of methoxy groups -OCH3 is 2. The number of carbonyl (C=O) groups excluding carboxylic acids is 2. The van der Waals surface area contributed by atoms with Crippen LogP contribution < -0.4 is 5.32 Å². The van der Waals surface area contributed by atoms with E-state index < -0.39 is 11.4 Å². The van der Waals surface area contributed by atoms with Gasteiger partial charge in [0.2, 0.25) is 0 Å². The van der Waals surface area contributed by atoms with Crippen molar-refractivity contribution in [1.82, 2.24) is 10.2 Å². The average molecular weight is 233 g/mol. The van der Waals surface area contributed by atoms with Crippen LogP contribution in [0.3, 0.4) is 0 Å². The van der Waals surface area contributed by atoms with E-state index in [2.05, 4.69) is 25.0 Å². The zero-order valence-corrected chi connectivity index (χ0v) is 8.66. The molecule has 0 radical (unpaired) electrons. The van der Waals surface area contributed by atoms with Crippen molar-refractivity contribution in [3.63, 3.8) is 0 Å². The number of anilines is 1. The van der Waals surface area contributed by atoms with E-state index >= 15 is 0 Å². The molecule has 1 aromatic rings. The van der Waals surface area contributed by atoms with Crippen LogP contribution in [0.15, 0.2) is 9.64 Å². The summed E-state index contributed by atoms with van der Waals surface area (Å²) in [7, 11) is 2.41. The first-order chi connectivity index (χ1) is 7.15. The number of amides is 1. The Kier molecular flexibility index (Phi) is 3.92. The Hall–Kier alpha value is -1.77. The molecule has 0 saturated heterocycles. The molecule has 1 rings (SSSR count). The molecule has 0 atom stereocenters. The molecular weight excluding hydrogens is 226 g/mol. The maximum Gasteiger partial charge on any atom is 0.415 e. The monoisotopic (exact) mass is 233 g/mol. The topological polar surface area (TPSA) is 104 Å². The van der Waals surface area contributed by atoms with Crippen LogP contribution in [0, 0.1) is 0 Å². The second-order valence-electron chi connectivity index (χ2n) is 2.05. The quantitative estimate of drug-likeness (QED) is 0.598. The molecule has 8 nitrogen and oxygen atoms in total. The van der Waals surface area contributed by atoms with Crippen LogP contribution in [0.25, 0.3) is 0 Å². The number of nitrogens with one attached hydrogen (secondary N) is 1. The second-order valence-corrected chi connectivity index (χ2v) is 2.93. The fraction of sp³-hybridized carbons (Fsp3) is 0.333. The zero-order chi connectivity index (χ0) is 11.3. The molecule has 0 saturated carbocycles. The Labute approximate surface area is 88.3 Å². The third-order valence-corrected chi connectivity index (χ3v) is 1.81. The largest absolute Gasteiger partial charge is 0.461 e. The Balaban J connectivity index is 2.56. The highest BCUT2D eigenvalue weighted by Crippen LogP contribution is 2.19. The average Bonchev–Trinajstić information content (AvgIpc) is 2.65. The molecule has 0 fully saturated rings. The lowest BCUT2D eigenvalue weighted by molar-refractivity contribution is 0.186. The van der Waals surface area contributed by atoms with E-state index in [1.165, 1.54) is 14.2 Å². The molecule has 1 heterocycles. The molecule has 0 aliphatic heterocycles. The van der Waals surface area contributed by atoms with E-state index in [0.717, 1.165) is 0 Å². The minimum absolute atomic E-state index is 0.0340. The molecule has 0 unspecified atom stereocenters. The lowest BCUT2D eigenvalue weighted by Gasteiger charge is -1.95. The highest BCUT2D eigenvalue weighted by atomic mass is 32.2. The number of rotatable bonds is 2. The molecule has 0 aliphatic carbocycles. The molecule has 0 spiro atoms. The summed E-state index contributed by atoms with van der Waals surface area (Å²) in [6.07, 6.45) is -0.742. The van der Waals surface area contributed by atoms with Crippen LogP contribution in [-0.2, 0) is 9.47 Å². The Morgan fingerprint density at radius 1 is 1.33 bits per heavy atom. The van der Waals surface area contributed by atoms with E-state index in [1.54, 1.807) is 0 Å². The normalized spacial score (nSPS) is 9.47. The van der Waals surface area contributed by atoms with Gasteiger partial charge in [-0.3, -0.25) is 0 Å². The summed E-state index contributed by atoms with van der Waals surface area (Å²) in [6.45, 7) is 0. The lowest BCUT2D eigenvalue weighted by Crippen LogP contribution is -2.10. The van der Waals surface area contributed by atoms with Gasteiger partial charge in [0.1, 0.15) is 0 Å². The Morgan fingerprint density at radius 2 is 2.07 bits per heavy atom. The standard InChI is InChI=1S/C6H7N3O5S/c1-12-4(10)7-3-8-9-5(14-3)15-6(11)13-2/h1-2H3,(H,7,8,10). The van der Waals surface area contributed by atoms with Crippen LogP contribution in [-0.4, -0.2) is 35.8 Å². The molecule has 0 aliphatic rings. The van der Waals surface area contributed by atoms with E-state index in [-0.39, 0.29) is 11.2 Å². The predicted molar refractivity (Wildman–Crippen MR) is 48.6 cm³/mol. The molecule has 82 valence electrons. The van der Waals surface area contributed by atoms with E-state index in [0.29, 0.717) is 11.8 Å². The van der Waals surface area contributed by atoms with Crippen molar-refractivity contribution < 1.29 is 23.5 Å². The Morgan fingerprint density at radius 3 is 2.67 bits per heavy atom. The van der Waals surface area contributed by atoms with Crippen molar-refractivity contribution in [3.05, 3.63) is 0 Å². The third-order valence-electron chi connectivity index (χ3n) is 1.14. The second kappa shape index (κ2) is 5.20. The SMILES string of the molecule is COC(=O)Nc1nnc(SC(=O)OC)o1. The number of carbonyl (C=O) groups is 2. The number of nitrogens with zero attached hydrogens (tertiary/aromatic N) is 2. The maximum atomic E-state index is 10.8. The molecule has 1 N–H and O–H groups in total. The molecular formula is C6H7N3O5S. The van der Waals surface area contributed by atoms with Crippen LogP contribution >= 0.6 is 11.8 Å². The summed E-state index contributed by atoms with van der Waals surface area (Å²) in [5, 5.41) is 8.41. The van der Waals surface area contributed by atoms with Gasteiger partial charge < -0.3 is 13.9 Å². The molecule has 0 aromatic carbocycles. The number of thioether (sulfide) groups is 1. The minimum Gasteiger partial charge on any atom is -0.461 e. The van der Waals surface area contributed by atoms with Crippen LogP contribution in [0.1, 0.15) is 0 Å². The van der Waals surface area contributed by atoms with Crippen molar-refractivity contribution >= 4 is 29.2 Å². The minimum atomic E-state index is -0.742. The zero-order valence-electron chi connectivity index (χ0n) is 7.84. The summed E-state index contributed by atoms with van der Waals surface area (Å²) in [5.41, 5.74) is 0. The van der Waals surface area contributed by atoms with Gasteiger partial charge in [-0.25, -0.2) is 14.9 Å². The van der Waals surface area contributed by atoms with E-state index in [9.17, 15) is 9.59 Å². The highest BCUT2D eigenvalue weighted by Gasteiger charge is 2.13. The van der Waals surface area contributed by atoms with Crippen molar-refractivity contribution in [2.45, 2.75) is 5.22 Å². The van der Waals surface area contributed by atoms with Gasteiger partial charge in [0.25, 0.3) is 5.22 Å². The van der Waals surface area contributed by atoms with Crippen molar-refractivity contribution in [3.8, 4) is 0 Å². The Bertz CT molecular complexity index is 333. The van der Waals surface area contributed by atoms with E-state index in [1.807, 2.05) is 0 Å². The number of aromatic nitrogens is 2. The maximum absolute atomic E-state index is 10.8. The predicted octanol–water partition coefficient (Wildman–Crippen LogP) is 1.11. The number of hydrogen-bond acceptors (Lipinski definition) is 8. The molecule has 1 aromatic heterocycles. The number of hydrogen-bond donors (Lipinski definition) is 1. The fourth-order valence-electron chi connectivity index (χ4n) is 0.553. The van der Waals surface area contributed by atoms with Crippen molar-refractivity contribution in [2.75, 3.05) is 19.5 Å². The van der Waals surface area contributed by atoms with Crippen molar-refractivity contribution in [1.29, 1.82) is 0 Å². The number of ether oxygens (including phenoxy) is 2. The molecule has 9 heteroatoms. The van der Waals surface area contributed by atoms with Gasteiger partial charge >= 0.3 is 17.4 Å². The molecule has 0 bridgehead atoms. The van der Waals surface area contributed by atoms with Gasteiger partial charge in [-0.1, -0.05) is 10.2 Å². The summed E-state index contributed by atoms with van der Waals surface area (Å²) < 4.78 is 13.5. The van der Waals surface area contributed by atoms with Crippen LogP contribution in [0.4, 0.5) is 15.6 Å². The fourth-order valence-corrected chi connectivity index (χ4v) is 0.981. The van der Waals surface area contributed by atoms with Gasteiger partial charge in [0.05, 0.1) is 26.0 Å². The smallest absolute Gasteiger partial charge is 0.415 e. The summed E-state index contributed by atoms with van der Waals surface area (Å²) in [4.78, 5) is 21.5. The van der Waals surface area contributed by atoms with E-state index in [4.69, 9.17) is 4.42 Å². The lowest BCUT2D eigenvalue weighted by atomic mass is 11.0. The van der Waals surface area contributed by atoms with Gasteiger partial charge in [-0.15, -0.1) is 0 Å². The molecule has 15 heavy (non-hydrogen) atoms. The van der Waals surface area contributed by atoms with Gasteiger partial charge in [0, 0.05) is 0 Å². The summed E-state index contributed by atoms with van der Waals surface area (Å²) in [5.74, 6) is 0. The van der Waals surface area contributed by atoms with Crippen LogP contribution in [0.2, 0.25) is 0 Å². The van der Waals surface area contributed by atoms with Crippen molar-refractivity contribution in [2.24, 2.45) is 0 Å². The first-order valence-electron chi connectivity index (χ1n) is 3.60. The van der Waals surface area contributed by atoms with Gasteiger partial charge in [-0.05, 0) is 0 Å². The summed E-state index contributed by atoms with van der Waals surface area (Å²) in [6, 6.07) is -0.159. The van der Waals surface area contributed by atoms with Gasteiger partial charge in [-0.2, -0.15) is 0 Å². The third kappa shape index (κ3) is 3.46. The molecule has 1 amide bonds. The first kappa shape index (κ1) is 11.3. The van der Waals surface area contributed by atoms with Crippen LogP contribution in [0.5, 0.6) is 0 Å².